The Bertz CT molecular complexity index is 1200. The molecule has 0 spiro atoms. The predicted molar refractivity (Wildman–Crippen MR) is 117 cm³/mol. The topological polar surface area (TPSA) is 109 Å². The van der Waals surface area contributed by atoms with Gasteiger partial charge in [0.05, 0.1) is 11.1 Å². The van der Waals surface area contributed by atoms with Crippen LogP contribution >= 0.6 is 0 Å². The third kappa shape index (κ3) is 5.65. The van der Waals surface area contributed by atoms with E-state index in [1.807, 2.05) is 0 Å². The fourth-order valence-electron chi connectivity index (χ4n) is 3.70. The Morgan fingerprint density at radius 2 is 1.60 bits per heavy atom. The molecule has 1 N–H and O–H groups in total. The van der Waals surface area contributed by atoms with Gasteiger partial charge in [0.25, 0.3) is 5.91 Å². The van der Waals surface area contributed by atoms with Crippen molar-refractivity contribution in [2.24, 2.45) is 0 Å². The summed E-state index contributed by atoms with van der Waals surface area (Å²) < 4.78 is 44.4. The molecule has 9 nitrogen and oxygen atoms in total. The van der Waals surface area contributed by atoms with Gasteiger partial charge in [-0.05, 0) is 36.4 Å². The molecule has 4 rings (SSSR count). The second-order valence-electron chi connectivity index (χ2n) is 7.77. The highest BCUT2D eigenvalue weighted by Gasteiger charge is 2.36. The van der Waals surface area contributed by atoms with Crippen molar-refractivity contribution >= 4 is 23.4 Å². The molecule has 3 amide bonds. The molecule has 12 heteroatoms. The molecule has 3 aromatic rings. The van der Waals surface area contributed by atoms with Crippen LogP contribution in [0.2, 0.25) is 0 Å². The maximum Gasteiger partial charge on any atom is 0.417 e. The smallest absolute Gasteiger partial charge is 0.342 e. The number of benzene rings is 2. The van der Waals surface area contributed by atoms with Crippen molar-refractivity contribution in [1.82, 2.24) is 19.9 Å². The highest BCUT2D eigenvalue weighted by molar-refractivity contribution is 6.03. The summed E-state index contributed by atoms with van der Waals surface area (Å²) >= 11 is 0. The van der Waals surface area contributed by atoms with Gasteiger partial charge in [-0.25, -0.2) is 0 Å². The quantitative estimate of drug-likeness (QED) is 0.554. The summed E-state index contributed by atoms with van der Waals surface area (Å²) in [7, 11) is 0. The molecule has 0 bridgehead atoms. The maximum atomic E-state index is 13.2. The highest BCUT2D eigenvalue weighted by atomic mass is 19.4. The first-order chi connectivity index (χ1) is 16.7. The Kier molecular flexibility index (Phi) is 6.80. The van der Waals surface area contributed by atoms with Crippen LogP contribution in [-0.4, -0.2) is 63.8 Å². The molecule has 0 unspecified atom stereocenters. The van der Waals surface area contributed by atoms with Gasteiger partial charge >= 0.3 is 6.18 Å². The molecule has 0 radical (unpaired) electrons. The number of carbonyl (C=O) groups is 3. The van der Waals surface area contributed by atoms with Crippen LogP contribution in [0.5, 0.6) is 0 Å². The molecule has 1 aliphatic rings. The number of nitrogens with one attached hydrogen (secondary N) is 1. The number of hydrogen-bond donors (Lipinski definition) is 1. The van der Waals surface area contributed by atoms with Gasteiger partial charge in [0, 0.05) is 37.4 Å². The number of piperazine rings is 1. The summed E-state index contributed by atoms with van der Waals surface area (Å²) in [6.45, 7) is 0.364. The first-order valence-electron chi connectivity index (χ1n) is 10.6. The maximum absolute atomic E-state index is 13.2. The van der Waals surface area contributed by atoms with E-state index in [1.165, 1.54) is 28.3 Å². The van der Waals surface area contributed by atoms with E-state index in [2.05, 4.69) is 20.0 Å². The minimum atomic E-state index is -4.65. The fourth-order valence-corrected chi connectivity index (χ4v) is 3.70. The third-order valence-electron chi connectivity index (χ3n) is 5.48. The van der Waals surface area contributed by atoms with Gasteiger partial charge in [-0.15, -0.1) is 0 Å². The Morgan fingerprint density at radius 3 is 2.23 bits per heavy atom. The fraction of sp³-hybridized carbons (Fsp3) is 0.261. The van der Waals surface area contributed by atoms with Crippen molar-refractivity contribution < 1.29 is 32.1 Å². The van der Waals surface area contributed by atoms with Crippen molar-refractivity contribution in [1.29, 1.82) is 0 Å². The summed E-state index contributed by atoms with van der Waals surface area (Å²) in [4.78, 5) is 44.1. The number of halogens is 3. The van der Waals surface area contributed by atoms with Crippen LogP contribution in [0.15, 0.2) is 59.4 Å². The lowest BCUT2D eigenvalue weighted by atomic mass is 10.1. The molecule has 0 saturated carbocycles. The molecule has 1 saturated heterocycles. The van der Waals surface area contributed by atoms with Gasteiger partial charge < -0.3 is 19.6 Å². The van der Waals surface area contributed by atoms with Crippen molar-refractivity contribution in [3.05, 3.63) is 66.1 Å². The minimum Gasteiger partial charge on any atom is -0.342 e. The van der Waals surface area contributed by atoms with E-state index in [-0.39, 0.29) is 26.2 Å². The number of rotatable bonds is 5. The van der Waals surface area contributed by atoms with E-state index in [4.69, 9.17) is 0 Å². The van der Waals surface area contributed by atoms with Gasteiger partial charge in [-0.3, -0.25) is 14.4 Å². The van der Waals surface area contributed by atoms with Gasteiger partial charge in [-0.1, -0.05) is 17.3 Å². The first-order valence-corrected chi connectivity index (χ1v) is 10.6. The zero-order chi connectivity index (χ0) is 25.0. The third-order valence-corrected chi connectivity index (χ3v) is 5.48. The Labute approximate surface area is 197 Å². The molecular formula is C23H20F3N5O4. The van der Waals surface area contributed by atoms with Crippen LogP contribution in [0, 0.1) is 0 Å². The van der Waals surface area contributed by atoms with Gasteiger partial charge in [0.2, 0.25) is 24.0 Å². The zero-order valence-corrected chi connectivity index (χ0v) is 18.3. The van der Waals surface area contributed by atoms with E-state index in [1.54, 1.807) is 24.3 Å². The number of amides is 3. The van der Waals surface area contributed by atoms with Crippen LogP contribution in [0.4, 0.5) is 18.9 Å². The van der Waals surface area contributed by atoms with Crippen LogP contribution in [0.25, 0.3) is 11.4 Å². The Morgan fingerprint density at radius 1 is 0.943 bits per heavy atom. The van der Waals surface area contributed by atoms with Crippen molar-refractivity contribution in [2.45, 2.75) is 12.6 Å². The molecule has 1 fully saturated rings. The van der Waals surface area contributed by atoms with Crippen LogP contribution in [0.3, 0.4) is 0 Å². The van der Waals surface area contributed by atoms with E-state index in [0.29, 0.717) is 17.1 Å². The molecule has 0 aliphatic carbocycles. The van der Waals surface area contributed by atoms with E-state index >= 15 is 0 Å². The standard InChI is InChI=1S/C23H20F3N5O4/c24-23(25,26)18-4-2-1-3-17(18)22(34)31-11-9-30(10-12-31)20(33)13-19(32)28-16-7-5-15(6-8-16)21-27-14-35-29-21/h1-8,14H,9-13H2,(H,28,32). The molecular weight excluding hydrogens is 467 g/mol. The van der Waals surface area contributed by atoms with Crippen molar-refractivity contribution in [2.75, 3.05) is 31.5 Å². The average Bonchev–Trinajstić information content (AvgIpc) is 3.38. The largest absolute Gasteiger partial charge is 0.417 e. The van der Waals surface area contributed by atoms with Gasteiger partial charge in [0.1, 0.15) is 6.42 Å². The van der Waals surface area contributed by atoms with Crippen LogP contribution in [0.1, 0.15) is 22.3 Å². The van der Waals surface area contributed by atoms with E-state index in [9.17, 15) is 27.6 Å². The zero-order valence-electron chi connectivity index (χ0n) is 18.3. The number of aromatic nitrogens is 2. The van der Waals surface area contributed by atoms with E-state index < -0.39 is 41.4 Å². The summed E-state index contributed by atoms with van der Waals surface area (Å²) in [6, 6.07) is 11.3. The summed E-state index contributed by atoms with van der Waals surface area (Å²) in [5.74, 6) is -1.29. The molecule has 0 atom stereocenters. The molecule has 2 heterocycles. The molecule has 35 heavy (non-hydrogen) atoms. The van der Waals surface area contributed by atoms with Crippen LogP contribution in [-0.2, 0) is 15.8 Å². The molecule has 1 aliphatic heterocycles. The minimum absolute atomic E-state index is 0.0654. The van der Waals surface area contributed by atoms with Gasteiger partial charge in [-0.2, -0.15) is 18.2 Å². The number of hydrogen-bond acceptors (Lipinski definition) is 6. The molecule has 2 aromatic carbocycles. The summed E-state index contributed by atoms with van der Waals surface area (Å²) in [6.07, 6.45) is -3.85. The number of anilines is 1. The van der Waals surface area contributed by atoms with Crippen LogP contribution < -0.4 is 5.32 Å². The lowest BCUT2D eigenvalue weighted by Crippen LogP contribution is -2.51. The second-order valence-corrected chi connectivity index (χ2v) is 7.77. The molecule has 1 aromatic heterocycles. The summed E-state index contributed by atoms with van der Waals surface area (Å²) in [5.41, 5.74) is -0.248. The normalized spacial score (nSPS) is 14.0. The summed E-state index contributed by atoms with van der Waals surface area (Å²) in [5, 5.41) is 6.35. The number of carbonyl (C=O) groups excluding carboxylic acids is 3. The van der Waals surface area contributed by atoms with Crippen molar-refractivity contribution in [3.8, 4) is 11.4 Å². The Hall–Kier alpha value is -4.22. The monoisotopic (exact) mass is 487 g/mol. The average molecular weight is 487 g/mol. The lowest BCUT2D eigenvalue weighted by molar-refractivity contribution is -0.138. The number of alkyl halides is 3. The van der Waals surface area contributed by atoms with Crippen molar-refractivity contribution in [3.63, 3.8) is 0 Å². The number of nitrogens with zero attached hydrogens (tertiary/aromatic N) is 4. The predicted octanol–water partition coefficient (Wildman–Crippen LogP) is 3.07. The lowest BCUT2D eigenvalue weighted by Gasteiger charge is -2.35. The SMILES string of the molecule is O=C(CC(=O)N1CCN(C(=O)c2ccccc2C(F)(F)F)CC1)Nc1ccc(-c2ncon2)cc1. The van der Waals surface area contributed by atoms with Gasteiger partial charge in [0.15, 0.2) is 0 Å². The Balaban J connectivity index is 1.28. The first kappa shape index (κ1) is 23.9. The van der Waals surface area contributed by atoms with E-state index in [0.717, 1.165) is 12.1 Å². The molecule has 182 valence electrons. The highest BCUT2D eigenvalue weighted by Crippen LogP contribution is 2.32. The second kappa shape index (κ2) is 9.95.